The van der Waals surface area contributed by atoms with Crippen LogP contribution in [0.5, 0.6) is 0 Å². The Balaban J connectivity index is 3.28. The highest BCUT2D eigenvalue weighted by Gasteiger charge is 2.02. The molecule has 3 nitrogen and oxygen atoms in total. The predicted octanol–water partition coefficient (Wildman–Crippen LogP) is 0.0844. The number of hydrogen-bond acceptors (Lipinski definition) is 3. The molecule has 1 N–H and O–H groups in total. The third-order valence-corrected chi connectivity index (χ3v) is 0.939. The van der Waals surface area contributed by atoms with Crippen molar-refractivity contribution < 1.29 is 9.84 Å². The molecule has 1 unspecified atom stereocenters. The molecule has 3 heteroatoms. The summed E-state index contributed by atoms with van der Waals surface area (Å²) >= 11 is 0. The first kappa shape index (κ1) is 8.59. The Bertz CT molecular complexity index is 75.5. The van der Waals surface area contributed by atoms with Crippen LogP contribution >= 0.6 is 0 Å². The van der Waals surface area contributed by atoms with Gasteiger partial charge in [0.15, 0.2) is 0 Å². The molecule has 0 rings (SSSR count). The molecule has 54 valence electrons. The SMILES string of the molecule is C=NCC(CO)OCC. The van der Waals surface area contributed by atoms with Crippen LogP contribution in [0.2, 0.25) is 0 Å². The maximum atomic E-state index is 8.58. The van der Waals surface area contributed by atoms with E-state index in [1.165, 1.54) is 0 Å². The Morgan fingerprint density at radius 3 is 2.78 bits per heavy atom. The largest absolute Gasteiger partial charge is 0.394 e. The summed E-state index contributed by atoms with van der Waals surface area (Å²) in [5.41, 5.74) is 0. The Kier molecular flexibility index (Phi) is 5.46. The summed E-state index contributed by atoms with van der Waals surface area (Å²) in [5.74, 6) is 0. The minimum absolute atomic E-state index is 0.0207. The van der Waals surface area contributed by atoms with E-state index in [0.29, 0.717) is 13.2 Å². The van der Waals surface area contributed by atoms with Crippen molar-refractivity contribution in [2.24, 2.45) is 4.99 Å². The van der Waals surface area contributed by atoms with E-state index in [2.05, 4.69) is 11.7 Å². The minimum Gasteiger partial charge on any atom is -0.394 e. The van der Waals surface area contributed by atoms with Crippen molar-refractivity contribution in [1.29, 1.82) is 0 Å². The van der Waals surface area contributed by atoms with Crippen LogP contribution in [-0.4, -0.2) is 37.7 Å². The monoisotopic (exact) mass is 131 g/mol. The Labute approximate surface area is 55.4 Å². The minimum atomic E-state index is -0.160. The van der Waals surface area contributed by atoms with Crippen LogP contribution in [0, 0.1) is 0 Å². The van der Waals surface area contributed by atoms with E-state index >= 15 is 0 Å². The third-order valence-electron chi connectivity index (χ3n) is 0.939. The highest BCUT2D eigenvalue weighted by Crippen LogP contribution is 1.89. The smallest absolute Gasteiger partial charge is 0.0999 e. The van der Waals surface area contributed by atoms with Crippen LogP contribution in [0.1, 0.15) is 6.92 Å². The van der Waals surface area contributed by atoms with Gasteiger partial charge in [0.25, 0.3) is 0 Å². The topological polar surface area (TPSA) is 41.8 Å². The fourth-order valence-corrected chi connectivity index (χ4v) is 0.543. The molecule has 9 heavy (non-hydrogen) atoms. The zero-order valence-electron chi connectivity index (χ0n) is 5.71. The second kappa shape index (κ2) is 5.72. The van der Waals surface area contributed by atoms with Gasteiger partial charge in [-0.25, -0.2) is 0 Å². The zero-order valence-corrected chi connectivity index (χ0v) is 5.71. The number of aliphatic imine (C=N–C) groups is 1. The maximum Gasteiger partial charge on any atom is 0.0999 e. The molecule has 0 heterocycles. The van der Waals surface area contributed by atoms with E-state index < -0.39 is 0 Å². The van der Waals surface area contributed by atoms with Crippen molar-refractivity contribution in [2.45, 2.75) is 13.0 Å². The van der Waals surface area contributed by atoms with E-state index in [-0.39, 0.29) is 12.7 Å². The lowest BCUT2D eigenvalue weighted by Crippen LogP contribution is -2.20. The van der Waals surface area contributed by atoms with Gasteiger partial charge in [-0.3, -0.25) is 4.99 Å². The van der Waals surface area contributed by atoms with E-state index in [1.807, 2.05) is 6.92 Å². The normalized spacial score (nSPS) is 13.1. The molecule has 0 aliphatic heterocycles. The molecule has 1 atom stereocenters. The van der Waals surface area contributed by atoms with Crippen LogP contribution < -0.4 is 0 Å². The number of aliphatic hydroxyl groups excluding tert-OH is 1. The van der Waals surface area contributed by atoms with Gasteiger partial charge >= 0.3 is 0 Å². The molecule has 0 spiro atoms. The van der Waals surface area contributed by atoms with Gasteiger partial charge < -0.3 is 9.84 Å². The van der Waals surface area contributed by atoms with Crippen LogP contribution in [0.4, 0.5) is 0 Å². The van der Waals surface area contributed by atoms with Crippen LogP contribution in [0.15, 0.2) is 4.99 Å². The lowest BCUT2D eigenvalue weighted by atomic mass is 10.4. The molecule has 0 aromatic carbocycles. The van der Waals surface area contributed by atoms with Crippen molar-refractivity contribution in [3.8, 4) is 0 Å². The summed E-state index contributed by atoms with van der Waals surface area (Å²) < 4.78 is 5.05. The fourth-order valence-electron chi connectivity index (χ4n) is 0.543. The average Bonchev–Trinajstić information content (AvgIpc) is 1.88. The molecule has 0 aromatic rings. The first-order valence-corrected chi connectivity index (χ1v) is 3.00. The highest BCUT2D eigenvalue weighted by atomic mass is 16.5. The third kappa shape index (κ3) is 4.12. The molecule has 0 radical (unpaired) electrons. The first-order valence-electron chi connectivity index (χ1n) is 3.00. The molecule has 0 aromatic heterocycles. The van der Waals surface area contributed by atoms with Gasteiger partial charge in [-0.2, -0.15) is 0 Å². The summed E-state index contributed by atoms with van der Waals surface area (Å²) in [4.78, 5) is 3.59. The molecule has 0 bridgehead atoms. The van der Waals surface area contributed by atoms with Crippen molar-refractivity contribution in [1.82, 2.24) is 0 Å². The molecule has 0 saturated heterocycles. The predicted molar refractivity (Wildman–Crippen MR) is 36.9 cm³/mol. The van der Waals surface area contributed by atoms with E-state index in [4.69, 9.17) is 9.84 Å². The quantitative estimate of drug-likeness (QED) is 0.537. The number of hydrogen-bond donors (Lipinski definition) is 1. The van der Waals surface area contributed by atoms with Gasteiger partial charge in [0.2, 0.25) is 0 Å². The molecule has 0 saturated carbocycles. The van der Waals surface area contributed by atoms with Gasteiger partial charge in [-0.15, -0.1) is 0 Å². The van der Waals surface area contributed by atoms with Gasteiger partial charge in [0.05, 0.1) is 19.3 Å². The van der Waals surface area contributed by atoms with Gasteiger partial charge in [0.1, 0.15) is 0 Å². The van der Waals surface area contributed by atoms with Gasteiger partial charge in [-0.1, -0.05) is 0 Å². The summed E-state index contributed by atoms with van der Waals surface area (Å²) in [7, 11) is 0. The summed E-state index contributed by atoms with van der Waals surface area (Å²) in [6.07, 6.45) is -0.160. The van der Waals surface area contributed by atoms with Crippen molar-refractivity contribution in [3.05, 3.63) is 0 Å². The number of aliphatic hydroxyl groups is 1. The van der Waals surface area contributed by atoms with E-state index in [9.17, 15) is 0 Å². The lowest BCUT2D eigenvalue weighted by molar-refractivity contribution is 0.0266. The second-order valence-corrected chi connectivity index (χ2v) is 1.67. The highest BCUT2D eigenvalue weighted by molar-refractivity contribution is 5.23. The molecule has 0 aliphatic carbocycles. The maximum absolute atomic E-state index is 8.58. The van der Waals surface area contributed by atoms with Crippen molar-refractivity contribution in [2.75, 3.05) is 19.8 Å². The molecular formula is C6H13NO2. The first-order chi connectivity index (χ1) is 4.35. The number of ether oxygens (including phenoxy) is 1. The van der Waals surface area contributed by atoms with Gasteiger partial charge in [0, 0.05) is 6.61 Å². The fraction of sp³-hybridized carbons (Fsp3) is 0.833. The Morgan fingerprint density at radius 1 is 1.78 bits per heavy atom. The van der Waals surface area contributed by atoms with Crippen LogP contribution in [0.25, 0.3) is 0 Å². The standard InChI is InChI=1S/C6H13NO2/c1-3-9-6(5-8)4-7-2/h6,8H,2-5H2,1H3. The molecule has 0 amide bonds. The summed E-state index contributed by atoms with van der Waals surface area (Å²) in [6.45, 7) is 6.28. The average molecular weight is 131 g/mol. The number of rotatable bonds is 5. The lowest BCUT2D eigenvalue weighted by Gasteiger charge is -2.09. The zero-order chi connectivity index (χ0) is 7.11. The summed E-state index contributed by atoms with van der Waals surface area (Å²) in [5, 5.41) is 8.58. The molecule has 0 aliphatic rings. The van der Waals surface area contributed by atoms with Gasteiger partial charge in [-0.05, 0) is 13.6 Å². The number of nitrogens with zero attached hydrogens (tertiary/aromatic N) is 1. The summed E-state index contributed by atoms with van der Waals surface area (Å²) in [6, 6.07) is 0. The molecule has 0 fully saturated rings. The Morgan fingerprint density at radius 2 is 2.44 bits per heavy atom. The second-order valence-electron chi connectivity index (χ2n) is 1.67. The van der Waals surface area contributed by atoms with Crippen LogP contribution in [0.3, 0.4) is 0 Å². The molecular weight excluding hydrogens is 118 g/mol. The van der Waals surface area contributed by atoms with E-state index in [0.717, 1.165) is 0 Å². The van der Waals surface area contributed by atoms with E-state index in [1.54, 1.807) is 0 Å². The van der Waals surface area contributed by atoms with Crippen molar-refractivity contribution in [3.63, 3.8) is 0 Å². The Hall–Kier alpha value is -0.410. The van der Waals surface area contributed by atoms with Crippen LogP contribution in [-0.2, 0) is 4.74 Å². The van der Waals surface area contributed by atoms with Crippen molar-refractivity contribution >= 4 is 6.72 Å².